The Bertz CT molecular complexity index is 655. The molecule has 2 aromatic rings. The topological polar surface area (TPSA) is 41.5 Å². The van der Waals surface area contributed by atoms with Gasteiger partial charge in [0.25, 0.3) is 0 Å². The summed E-state index contributed by atoms with van der Waals surface area (Å²) < 4.78 is 5.91. The lowest BCUT2D eigenvalue weighted by Gasteiger charge is -2.17. The van der Waals surface area contributed by atoms with E-state index in [1.807, 2.05) is 19.1 Å². The van der Waals surface area contributed by atoms with Crippen LogP contribution in [0, 0.1) is 0 Å². The van der Waals surface area contributed by atoms with Crippen LogP contribution in [0.1, 0.15) is 24.5 Å². The highest BCUT2D eigenvalue weighted by atomic mass is 35.5. The van der Waals surface area contributed by atoms with Crippen LogP contribution in [0.2, 0.25) is 15.1 Å². The van der Waals surface area contributed by atoms with E-state index in [0.717, 1.165) is 17.5 Å². The molecule has 0 bridgehead atoms. The van der Waals surface area contributed by atoms with Gasteiger partial charge in [-0.1, -0.05) is 47.8 Å². The van der Waals surface area contributed by atoms with Crippen molar-refractivity contribution < 1.29 is 9.84 Å². The zero-order valence-electron chi connectivity index (χ0n) is 13.4. The predicted molar refractivity (Wildman–Crippen MR) is 100 cm³/mol. The van der Waals surface area contributed by atoms with Gasteiger partial charge in [0.1, 0.15) is 12.4 Å². The van der Waals surface area contributed by atoms with E-state index in [0.29, 0.717) is 27.4 Å². The Kier molecular flexibility index (Phi) is 7.66. The van der Waals surface area contributed by atoms with E-state index in [1.165, 1.54) is 0 Å². The van der Waals surface area contributed by atoms with Gasteiger partial charge in [-0.3, -0.25) is 0 Å². The Morgan fingerprint density at radius 1 is 1.12 bits per heavy atom. The maximum Gasteiger partial charge on any atom is 0.124 e. The van der Waals surface area contributed by atoms with Gasteiger partial charge in [-0.15, -0.1) is 0 Å². The third-order valence-corrected chi connectivity index (χ3v) is 4.69. The Morgan fingerprint density at radius 2 is 1.83 bits per heavy atom. The molecule has 0 saturated heterocycles. The number of halogens is 3. The van der Waals surface area contributed by atoms with E-state index in [4.69, 9.17) is 39.5 Å². The minimum absolute atomic E-state index is 0.0369. The van der Waals surface area contributed by atoms with Gasteiger partial charge in [0, 0.05) is 38.8 Å². The SMILES string of the molecule is CCC(CO)NCc1cc(Cl)ccc1OCc1c(Cl)cccc1Cl. The molecule has 0 amide bonds. The first-order valence-electron chi connectivity index (χ1n) is 7.73. The molecular formula is C18H20Cl3NO2. The Hall–Kier alpha value is -0.970. The summed E-state index contributed by atoms with van der Waals surface area (Å²) in [6, 6.07) is 10.8. The minimum Gasteiger partial charge on any atom is -0.488 e. The minimum atomic E-state index is 0.0369. The van der Waals surface area contributed by atoms with Gasteiger partial charge in [0.2, 0.25) is 0 Å². The fourth-order valence-corrected chi connectivity index (χ4v) is 2.94. The van der Waals surface area contributed by atoms with E-state index in [9.17, 15) is 5.11 Å². The van der Waals surface area contributed by atoms with E-state index in [1.54, 1.807) is 24.3 Å². The first-order chi connectivity index (χ1) is 11.5. The Balaban J connectivity index is 2.12. The average molecular weight is 389 g/mol. The normalized spacial score (nSPS) is 12.2. The molecule has 1 unspecified atom stereocenters. The highest BCUT2D eigenvalue weighted by Crippen LogP contribution is 2.28. The molecule has 0 aliphatic heterocycles. The number of benzene rings is 2. The zero-order chi connectivity index (χ0) is 17.5. The molecule has 0 fully saturated rings. The summed E-state index contributed by atoms with van der Waals surface area (Å²) in [5, 5.41) is 14.3. The molecule has 2 rings (SSSR count). The predicted octanol–water partition coefficient (Wildman–Crippen LogP) is 5.09. The smallest absolute Gasteiger partial charge is 0.124 e. The van der Waals surface area contributed by atoms with Crippen LogP contribution in [0.15, 0.2) is 36.4 Å². The highest BCUT2D eigenvalue weighted by Gasteiger charge is 2.11. The Labute approximate surface area is 157 Å². The molecule has 0 heterocycles. The average Bonchev–Trinajstić information content (AvgIpc) is 2.57. The van der Waals surface area contributed by atoms with Gasteiger partial charge in [0.15, 0.2) is 0 Å². The second-order valence-electron chi connectivity index (χ2n) is 5.41. The van der Waals surface area contributed by atoms with Crippen molar-refractivity contribution in [3.8, 4) is 5.75 Å². The van der Waals surface area contributed by atoms with Gasteiger partial charge in [-0.25, -0.2) is 0 Å². The highest BCUT2D eigenvalue weighted by molar-refractivity contribution is 6.36. The van der Waals surface area contributed by atoms with Crippen molar-refractivity contribution in [3.63, 3.8) is 0 Å². The maximum absolute atomic E-state index is 9.29. The van der Waals surface area contributed by atoms with Crippen LogP contribution in [-0.4, -0.2) is 17.8 Å². The first kappa shape index (κ1) is 19.4. The summed E-state index contributed by atoms with van der Waals surface area (Å²) in [7, 11) is 0. The summed E-state index contributed by atoms with van der Waals surface area (Å²) in [5.41, 5.74) is 1.66. The number of rotatable bonds is 8. The summed E-state index contributed by atoms with van der Waals surface area (Å²) in [6.07, 6.45) is 0.836. The Morgan fingerprint density at radius 3 is 2.46 bits per heavy atom. The van der Waals surface area contributed by atoms with Gasteiger partial charge >= 0.3 is 0 Å². The van der Waals surface area contributed by atoms with Crippen LogP contribution >= 0.6 is 34.8 Å². The van der Waals surface area contributed by atoms with Crippen LogP contribution in [0.25, 0.3) is 0 Å². The number of nitrogens with one attached hydrogen (secondary N) is 1. The van der Waals surface area contributed by atoms with Gasteiger partial charge in [-0.2, -0.15) is 0 Å². The largest absolute Gasteiger partial charge is 0.488 e. The van der Waals surface area contributed by atoms with Crippen LogP contribution in [0.3, 0.4) is 0 Å². The van der Waals surface area contributed by atoms with Crippen LogP contribution in [-0.2, 0) is 13.2 Å². The quantitative estimate of drug-likeness (QED) is 0.662. The molecule has 0 aromatic heterocycles. The molecule has 0 aliphatic rings. The maximum atomic E-state index is 9.29. The van der Waals surface area contributed by atoms with Crippen molar-refractivity contribution in [2.45, 2.75) is 32.5 Å². The molecule has 0 saturated carbocycles. The second kappa shape index (κ2) is 9.50. The van der Waals surface area contributed by atoms with Gasteiger partial charge in [-0.05, 0) is 36.8 Å². The van der Waals surface area contributed by atoms with Crippen molar-refractivity contribution in [1.29, 1.82) is 0 Å². The van der Waals surface area contributed by atoms with Crippen LogP contribution in [0.5, 0.6) is 5.75 Å². The van der Waals surface area contributed by atoms with Crippen molar-refractivity contribution in [3.05, 3.63) is 62.6 Å². The molecule has 0 spiro atoms. The van der Waals surface area contributed by atoms with E-state index in [-0.39, 0.29) is 19.3 Å². The molecule has 0 aliphatic carbocycles. The lowest BCUT2D eigenvalue weighted by molar-refractivity contribution is 0.237. The van der Waals surface area contributed by atoms with E-state index < -0.39 is 0 Å². The third-order valence-electron chi connectivity index (χ3n) is 3.75. The van der Waals surface area contributed by atoms with E-state index in [2.05, 4.69) is 5.32 Å². The molecule has 130 valence electrons. The standard InChI is InChI=1S/C18H20Cl3NO2/c1-2-14(10-23)22-9-12-8-13(19)6-7-18(12)24-11-15-16(20)4-3-5-17(15)21/h3-8,14,22-23H,2,9-11H2,1H3. The monoisotopic (exact) mass is 387 g/mol. The number of ether oxygens (including phenoxy) is 1. The molecule has 6 heteroatoms. The van der Waals surface area contributed by atoms with Crippen molar-refractivity contribution in [2.24, 2.45) is 0 Å². The molecule has 3 nitrogen and oxygen atoms in total. The van der Waals surface area contributed by atoms with E-state index >= 15 is 0 Å². The molecule has 2 N–H and O–H groups in total. The number of aliphatic hydroxyl groups excluding tert-OH is 1. The van der Waals surface area contributed by atoms with Crippen LogP contribution in [0.4, 0.5) is 0 Å². The number of aliphatic hydroxyl groups is 1. The molecule has 1 atom stereocenters. The van der Waals surface area contributed by atoms with Crippen molar-refractivity contribution >= 4 is 34.8 Å². The summed E-state index contributed by atoms with van der Waals surface area (Å²) in [5.74, 6) is 0.704. The van der Waals surface area contributed by atoms with Crippen LogP contribution < -0.4 is 10.1 Å². The molecule has 2 aromatic carbocycles. The zero-order valence-corrected chi connectivity index (χ0v) is 15.6. The summed E-state index contributed by atoms with van der Waals surface area (Å²) in [6.45, 7) is 2.92. The van der Waals surface area contributed by atoms with Crippen molar-refractivity contribution in [2.75, 3.05) is 6.61 Å². The second-order valence-corrected chi connectivity index (χ2v) is 6.66. The summed E-state index contributed by atoms with van der Waals surface area (Å²) >= 11 is 18.4. The molecule has 0 radical (unpaired) electrons. The van der Waals surface area contributed by atoms with Gasteiger partial charge < -0.3 is 15.2 Å². The third kappa shape index (κ3) is 5.27. The lowest BCUT2D eigenvalue weighted by atomic mass is 10.1. The lowest BCUT2D eigenvalue weighted by Crippen LogP contribution is -2.31. The van der Waals surface area contributed by atoms with Gasteiger partial charge in [0.05, 0.1) is 6.61 Å². The number of hydrogen-bond acceptors (Lipinski definition) is 3. The van der Waals surface area contributed by atoms with Crippen molar-refractivity contribution in [1.82, 2.24) is 5.32 Å². The fraction of sp³-hybridized carbons (Fsp3) is 0.333. The first-order valence-corrected chi connectivity index (χ1v) is 8.86. The fourth-order valence-electron chi connectivity index (χ4n) is 2.24. The molecule has 24 heavy (non-hydrogen) atoms. The number of hydrogen-bond donors (Lipinski definition) is 2. The molecular weight excluding hydrogens is 369 g/mol. The summed E-state index contributed by atoms with van der Waals surface area (Å²) in [4.78, 5) is 0.